The second kappa shape index (κ2) is 5.45. The van der Waals surface area contributed by atoms with Crippen LogP contribution in [0, 0.1) is 0 Å². The van der Waals surface area contributed by atoms with Gasteiger partial charge in [-0.25, -0.2) is 4.90 Å². The van der Waals surface area contributed by atoms with E-state index in [2.05, 4.69) is 15.9 Å². The molecule has 106 valence electrons. The van der Waals surface area contributed by atoms with Gasteiger partial charge in [0.15, 0.2) is 0 Å². The Bertz CT molecular complexity index is 739. The quantitative estimate of drug-likeness (QED) is 0.779. The summed E-state index contributed by atoms with van der Waals surface area (Å²) < 4.78 is 0.945. The highest BCUT2D eigenvalue weighted by molar-refractivity contribution is 9.10. The van der Waals surface area contributed by atoms with E-state index in [1.54, 1.807) is 6.07 Å². The number of halogens is 1. The lowest BCUT2D eigenvalue weighted by molar-refractivity contribution is -0.117. The highest BCUT2D eigenvalue weighted by Crippen LogP contribution is 2.30. The summed E-state index contributed by atoms with van der Waals surface area (Å²) in [5.74, 6) is -0.408. The molecular formula is C17H14BrNO2. The number of hydrogen-bond donors (Lipinski definition) is 0. The van der Waals surface area contributed by atoms with Crippen LogP contribution in [-0.4, -0.2) is 11.8 Å². The minimum atomic E-state index is -0.237. The molecule has 3 rings (SSSR count). The molecule has 0 aromatic heterocycles. The second-order valence-electron chi connectivity index (χ2n) is 4.99. The molecule has 0 radical (unpaired) electrons. The van der Waals surface area contributed by atoms with Crippen LogP contribution in [0.3, 0.4) is 0 Å². The van der Waals surface area contributed by atoms with E-state index in [4.69, 9.17) is 0 Å². The number of hydrogen-bond acceptors (Lipinski definition) is 2. The molecule has 0 atom stereocenters. The number of anilines is 1. The van der Waals surface area contributed by atoms with Gasteiger partial charge in [-0.2, -0.15) is 0 Å². The van der Waals surface area contributed by atoms with Gasteiger partial charge < -0.3 is 0 Å². The number of aryl methyl sites for hydroxylation is 1. The van der Waals surface area contributed by atoms with Crippen molar-refractivity contribution in [3.63, 3.8) is 0 Å². The third-order valence-corrected chi connectivity index (χ3v) is 4.20. The van der Waals surface area contributed by atoms with Crippen LogP contribution in [0.15, 0.2) is 46.9 Å². The number of carbonyl (C=O) groups excluding carboxylic acids is 2. The zero-order chi connectivity index (χ0) is 15.0. The standard InChI is InChI=1S/C17H14BrNO2/c1-2-11-9-13(18)7-8-15(11)19-16(20)10-12-5-3-4-6-14(12)17(19)21/h3-9H,2,10H2,1H3. The minimum absolute atomic E-state index is 0.171. The lowest BCUT2D eigenvalue weighted by Crippen LogP contribution is -2.42. The minimum Gasteiger partial charge on any atom is -0.274 e. The molecule has 3 nitrogen and oxygen atoms in total. The molecule has 0 aliphatic carbocycles. The fourth-order valence-corrected chi connectivity index (χ4v) is 3.07. The van der Waals surface area contributed by atoms with Crippen molar-refractivity contribution in [2.45, 2.75) is 19.8 Å². The topological polar surface area (TPSA) is 37.4 Å². The second-order valence-corrected chi connectivity index (χ2v) is 5.91. The summed E-state index contributed by atoms with van der Waals surface area (Å²) in [4.78, 5) is 26.4. The molecule has 1 aliphatic heterocycles. The predicted molar refractivity (Wildman–Crippen MR) is 85.5 cm³/mol. The van der Waals surface area contributed by atoms with Crippen LogP contribution in [0.5, 0.6) is 0 Å². The largest absolute Gasteiger partial charge is 0.274 e. The Morgan fingerprint density at radius 2 is 1.90 bits per heavy atom. The number of amides is 2. The fraction of sp³-hybridized carbons (Fsp3) is 0.176. The third kappa shape index (κ3) is 2.40. The van der Waals surface area contributed by atoms with Gasteiger partial charge in [-0.15, -0.1) is 0 Å². The van der Waals surface area contributed by atoms with Crippen LogP contribution in [0.1, 0.15) is 28.4 Å². The van der Waals surface area contributed by atoms with Gasteiger partial charge in [0, 0.05) is 10.0 Å². The average molecular weight is 344 g/mol. The van der Waals surface area contributed by atoms with Crippen molar-refractivity contribution in [2.75, 3.05) is 4.90 Å². The van der Waals surface area contributed by atoms with Gasteiger partial charge in [0.1, 0.15) is 0 Å². The highest BCUT2D eigenvalue weighted by atomic mass is 79.9. The van der Waals surface area contributed by atoms with Crippen LogP contribution < -0.4 is 4.90 Å². The Morgan fingerprint density at radius 3 is 2.67 bits per heavy atom. The third-order valence-electron chi connectivity index (χ3n) is 3.71. The number of rotatable bonds is 2. The lowest BCUT2D eigenvalue weighted by Gasteiger charge is -2.28. The van der Waals surface area contributed by atoms with Gasteiger partial charge in [0.25, 0.3) is 5.91 Å². The number of imide groups is 1. The normalized spacial score (nSPS) is 14.3. The number of carbonyl (C=O) groups is 2. The van der Waals surface area contributed by atoms with Gasteiger partial charge in [0.2, 0.25) is 5.91 Å². The average Bonchev–Trinajstić information content (AvgIpc) is 2.48. The van der Waals surface area contributed by atoms with E-state index in [0.717, 1.165) is 22.0 Å². The maximum atomic E-state index is 12.7. The van der Waals surface area contributed by atoms with E-state index in [0.29, 0.717) is 11.3 Å². The molecule has 1 aliphatic rings. The van der Waals surface area contributed by atoms with Gasteiger partial charge in [-0.1, -0.05) is 41.1 Å². The monoisotopic (exact) mass is 343 g/mol. The maximum Gasteiger partial charge on any atom is 0.265 e. The van der Waals surface area contributed by atoms with Gasteiger partial charge in [-0.05, 0) is 41.8 Å². The summed E-state index contributed by atoms with van der Waals surface area (Å²) in [6, 6.07) is 12.9. The molecule has 0 spiro atoms. The van der Waals surface area contributed by atoms with Crippen LogP contribution in [0.25, 0.3) is 0 Å². The molecule has 2 aromatic rings. The molecule has 0 N–H and O–H groups in total. The first-order chi connectivity index (χ1) is 10.1. The molecule has 0 saturated heterocycles. The van der Waals surface area contributed by atoms with E-state index in [1.165, 1.54) is 4.90 Å². The van der Waals surface area contributed by atoms with Crippen molar-refractivity contribution < 1.29 is 9.59 Å². The van der Waals surface area contributed by atoms with E-state index >= 15 is 0 Å². The molecule has 0 saturated carbocycles. The maximum absolute atomic E-state index is 12.7. The molecule has 0 bridgehead atoms. The van der Waals surface area contributed by atoms with Crippen LogP contribution in [0.4, 0.5) is 5.69 Å². The SMILES string of the molecule is CCc1cc(Br)ccc1N1C(=O)Cc2ccccc2C1=O. The highest BCUT2D eigenvalue weighted by Gasteiger charge is 2.32. The zero-order valence-corrected chi connectivity index (χ0v) is 13.2. The predicted octanol–water partition coefficient (Wildman–Crippen LogP) is 3.74. The van der Waals surface area contributed by atoms with Crippen LogP contribution in [-0.2, 0) is 17.6 Å². The smallest absolute Gasteiger partial charge is 0.265 e. The van der Waals surface area contributed by atoms with Gasteiger partial charge in [-0.3, -0.25) is 9.59 Å². The molecule has 4 heteroatoms. The number of nitrogens with zero attached hydrogens (tertiary/aromatic N) is 1. The van der Waals surface area contributed by atoms with Crippen molar-refractivity contribution in [3.8, 4) is 0 Å². The van der Waals surface area contributed by atoms with E-state index in [9.17, 15) is 9.59 Å². The number of benzene rings is 2. The van der Waals surface area contributed by atoms with Crippen molar-refractivity contribution in [1.29, 1.82) is 0 Å². The first-order valence-corrected chi connectivity index (χ1v) is 7.64. The molecule has 2 aromatic carbocycles. The van der Waals surface area contributed by atoms with Crippen LogP contribution >= 0.6 is 15.9 Å². The Labute approximate surface area is 131 Å². The van der Waals surface area contributed by atoms with Crippen molar-refractivity contribution in [3.05, 3.63) is 63.6 Å². The molecular weight excluding hydrogens is 330 g/mol. The summed E-state index contributed by atoms with van der Waals surface area (Å²) >= 11 is 3.43. The van der Waals surface area contributed by atoms with E-state index in [1.807, 2.05) is 43.3 Å². The molecule has 21 heavy (non-hydrogen) atoms. The fourth-order valence-electron chi connectivity index (χ4n) is 2.66. The Kier molecular flexibility index (Phi) is 3.64. The number of fused-ring (bicyclic) bond motifs is 1. The molecule has 2 amide bonds. The summed E-state index contributed by atoms with van der Waals surface area (Å²) in [6.45, 7) is 2.01. The summed E-state index contributed by atoms with van der Waals surface area (Å²) in [7, 11) is 0. The van der Waals surface area contributed by atoms with E-state index < -0.39 is 0 Å². The summed E-state index contributed by atoms with van der Waals surface area (Å²) in [5.41, 5.74) is 3.08. The van der Waals surface area contributed by atoms with Crippen LogP contribution in [0.2, 0.25) is 0 Å². The van der Waals surface area contributed by atoms with Gasteiger partial charge >= 0.3 is 0 Å². The first-order valence-electron chi connectivity index (χ1n) is 6.85. The van der Waals surface area contributed by atoms with Crippen molar-refractivity contribution in [1.82, 2.24) is 0 Å². The Hall–Kier alpha value is -1.94. The lowest BCUT2D eigenvalue weighted by atomic mass is 9.97. The first kappa shape index (κ1) is 14.0. The van der Waals surface area contributed by atoms with Gasteiger partial charge in [0.05, 0.1) is 12.1 Å². The summed E-state index contributed by atoms with van der Waals surface area (Å²) in [5, 5.41) is 0. The van der Waals surface area contributed by atoms with Crippen molar-refractivity contribution >= 4 is 33.4 Å². The molecule has 0 fully saturated rings. The van der Waals surface area contributed by atoms with Crippen molar-refractivity contribution in [2.24, 2.45) is 0 Å². The Balaban J connectivity index is 2.12. The molecule has 0 unspecified atom stereocenters. The summed E-state index contributed by atoms with van der Waals surface area (Å²) in [6.07, 6.45) is 1.02. The van der Waals surface area contributed by atoms with E-state index in [-0.39, 0.29) is 18.2 Å². The molecule has 1 heterocycles. The Morgan fingerprint density at radius 1 is 1.14 bits per heavy atom. The zero-order valence-electron chi connectivity index (χ0n) is 11.6.